The van der Waals surface area contributed by atoms with Crippen LogP contribution < -0.4 is 4.74 Å². The normalized spacial score (nSPS) is 10.2. The second-order valence-electron chi connectivity index (χ2n) is 3.29. The third kappa shape index (κ3) is 2.95. The maximum Gasteiger partial charge on any atom is 0.288 e. The van der Waals surface area contributed by atoms with E-state index >= 15 is 0 Å². The van der Waals surface area contributed by atoms with E-state index in [1.54, 1.807) is 11.3 Å². The molecule has 4 nitrogen and oxygen atoms in total. The second kappa shape index (κ2) is 5.16. The van der Waals surface area contributed by atoms with E-state index in [1.165, 1.54) is 18.2 Å². The third-order valence-corrected chi connectivity index (χ3v) is 3.14. The lowest BCUT2D eigenvalue weighted by Gasteiger charge is -2.05. The van der Waals surface area contributed by atoms with Crippen LogP contribution in [0.1, 0.15) is 5.56 Å². The molecule has 0 unspecified atom stereocenters. The first kappa shape index (κ1) is 11.9. The minimum absolute atomic E-state index is 0.0813. The Morgan fingerprint density at radius 1 is 1.41 bits per heavy atom. The molecule has 0 saturated carbocycles. The molecule has 0 bridgehead atoms. The molecule has 0 aliphatic heterocycles. The summed E-state index contributed by atoms with van der Waals surface area (Å²) < 4.78 is 5.47. The van der Waals surface area contributed by atoms with Crippen molar-refractivity contribution in [3.05, 3.63) is 55.7 Å². The van der Waals surface area contributed by atoms with Gasteiger partial charge in [0.25, 0.3) is 5.69 Å². The van der Waals surface area contributed by atoms with Gasteiger partial charge in [-0.3, -0.25) is 10.1 Å². The molecule has 0 radical (unpaired) electrons. The zero-order valence-electron chi connectivity index (χ0n) is 8.63. The highest BCUT2D eigenvalue weighted by Gasteiger charge is 2.12. The first-order valence-corrected chi connectivity index (χ1v) is 6.06. The number of ether oxygens (including phenoxy) is 1. The van der Waals surface area contributed by atoms with Gasteiger partial charge in [-0.15, -0.1) is 0 Å². The fourth-order valence-corrected chi connectivity index (χ4v) is 2.16. The van der Waals surface area contributed by atoms with Crippen molar-refractivity contribution in [2.24, 2.45) is 0 Å². The number of nitro groups is 1. The molecule has 1 aromatic heterocycles. The highest BCUT2D eigenvalue weighted by atomic mass is 35.5. The van der Waals surface area contributed by atoms with Crippen molar-refractivity contribution in [2.45, 2.75) is 6.61 Å². The number of nitro benzene ring substituents is 1. The number of rotatable bonds is 4. The smallest absolute Gasteiger partial charge is 0.288 e. The highest BCUT2D eigenvalue weighted by molar-refractivity contribution is 7.07. The first-order chi connectivity index (χ1) is 8.16. The monoisotopic (exact) mass is 269 g/mol. The van der Waals surface area contributed by atoms with Gasteiger partial charge in [0.1, 0.15) is 17.4 Å². The molecule has 0 saturated heterocycles. The average molecular weight is 270 g/mol. The molecule has 0 fully saturated rings. The summed E-state index contributed by atoms with van der Waals surface area (Å²) in [4.78, 5) is 10.0. The lowest BCUT2D eigenvalue weighted by molar-refractivity contribution is -0.384. The summed E-state index contributed by atoms with van der Waals surface area (Å²) in [6.45, 7) is 0.428. The number of benzene rings is 1. The summed E-state index contributed by atoms with van der Waals surface area (Å²) >= 11 is 7.35. The van der Waals surface area contributed by atoms with Crippen molar-refractivity contribution in [2.75, 3.05) is 0 Å². The van der Waals surface area contributed by atoms with Crippen LogP contribution in [0.5, 0.6) is 5.75 Å². The molecule has 0 aliphatic carbocycles. The Bertz CT molecular complexity index is 528. The van der Waals surface area contributed by atoms with Gasteiger partial charge in [-0.1, -0.05) is 11.6 Å². The second-order valence-corrected chi connectivity index (χ2v) is 4.48. The Kier molecular flexibility index (Phi) is 3.61. The van der Waals surface area contributed by atoms with Crippen molar-refractivity contribution in [3.8, 4) is 5.75 Å². The summed E-state index contributed by atoms with van der Waals surface area (Å²) in [6.07, 6.45) is 0. The number of thiophene rings is 1. The van der Waals surface area contributed by atoms with Crippen molar-refractivity contribution >= 4 is 28.6 Å². The van der Waals surface area contributed by atoms with Gasteiger partial charge >= 0.3 is 0 Å². The molecular weight excluding hydrogens is 262 g/mol. The molecule has 2 aromatic rings. The Hall–Kier alpha value is -1.59. The van der Waals surface area contributed by atoms with Crippen molar-refractivity contribution < 1.29 is 9.66 Å². The zero-order chi connectivity index (χ0) is 12.3. The van der Waals surface area contributed by atoms with Crippen LogP contribution in [0.2, 0.25) is 5.02 Å². The molecule has 0 atom stereocenters. The van der Waals surface area contributed by atoms with E-state index in [0.29, 0.717) is 12.4 Å². The minimum Gasteiger partial charge on any atom is -0.489 e. The van der Waals surface area contributed by atoms with E-state index in [9.17, 15) is 10.1 Å². The molecule has 0 amide bonds. The van der Waals surface area contributed by atoms with E-state index in [2.05, 4.69) is 0 Å². The van der Waals surface area contributed by atoms with Gasteiger partial charge < -0.3 is 4.74 Å². The van der Waals surface area contributed by atoms with E-state index in [4.69, 9.17) is 16.3 Å². The number of hydrogen-bond acceptors (Lipinski definition) is 4. The lowest BCUT2D eigenvalue weighted by atomic mass is 10.3. The van der Waals surface area contributed by atoms with Gasteiger partial charge in [-0.2, -0.15) is 11.3 Å². The molecule has 0 spiro atoms. The Balaban J connectivity index is 2.07. The molecule has 0 N–H and O–H groups in total. The lowest BCUT2D eigenvalue weighted by Crippen LogP contribution is -1.95. The van der Waals surface area contributed by atoms with Gasteiger partial charge in [0.05, 0.1) is 4.92 Å². The zero-order valence-corrected chi connectivity index (χ0v) is 10.2. The fraction of sp³-hybridized carbons (Fsp3) is 0.0909. The van der Waals surface area contributed by atoms with Gasteiger partial charge in [-0.05, 0) is 28.5 Å². The quantitative estimate of drug-likeness (QED) is 0.625. The molecular formula is C11H8ClNO3S. The maximum atomic E-state index is 10.6. The van der Waals surface area contributed by atoms with Crippen LogP contribution >= 0.6 is 22.9 Å². The molecule has 0 aliphatic rings. The maximum absolute atomic E-state index is 10.6. The van der Waals surface area contributed by atoms with Crippen LogP contribution in [0.15, 0.2) is 35.0 Å². The van der Waals surface area contributed by atoms with Crippen LogP contribution in [-0.4, -0.2) is 4.92 Å². The summed E-state index contributed by atoms with van der Waals surface area (Å²) in [5.74, 6) is 0.520. The average Bonchev–Trinajstić information content (AvgIpc) is 2.78. The Labute approximate surface area is 107 Å². The van der Waals surface area contributed by atoms with Crippen LogP contribution in [-0.2, 0) is 6.61 Å². The van der Waals surface area contributed by atoms with Crippen molar-refractivity contribution in [3.63, 3.8) is 0 Å². The minimum atomic E-state index is -0.523. The third-order valence-electron chi connectivity index (χ3n) is 2.10. The number of halogens is 1. The summed E-state index contributed by atoms with van der Waals surface area (Å²) in [5, 5.41) is 14.6. The van der Waals surface area contributed by atoms with Gasteiger partial charge in [0, 0.05) is 12.1 Å². The molecule has 88 valence electrons. The van der Waals surface area contributed by atoms with Crippen molar-refractivity contribution in [1.82, 2.24) is 0 Å². The van der Waals surface area contributed by atoms with Crippen LogP contribution in [0.4, 0.5) is 5.69 Å². The topological polar surface area (TPSA) is 52.4 Å². The molecule has 17 heavy (non-hydrogen) atoms. The number of hydrogen-bond donors (Lipinski definition) is 0. The predicted molar refractivity (Wildman–Crippen MR) is 66.8 cm³/mol. The molecule has 1 heterocycles. The standard InChI is InChI=1S/C11H8ClNO3S/c12-10-5-9(1-2-11(10)13(14)15)16-6-8-3-4-17-7-8/h1-5,7H,6H2. The molecule has 6 heteroatoms. The highest BCUT2D eigenvalue weighted by Crippen LogP contribution is 2.28. The summed E-state index contributed by atoms with van der Waals surface area (Å²) in [5.41, 5.74) is 0.944. The van der Waals surface area contributed by atoms with Crippen LogP contribution in [0.25, 0.3) is 0 Å². The predicted octanol–water partition coefficient (Wildman–Crippen LogP) is 3.89. The Morgan fingerprint density at radius 3 is 2.82 bits per heavy atom. The van der Waals surface area contributed by atoms with Gasteiger partial charge in [-0.25, -0.2) is 0 Å². The van der Waals surface area contributed by atoms with E-state index in [-0.39, 0.29) is 10.7 Å². The van der Waals surface area contributed by atoms with Gasteiger partial charge in [0.15, 0.2) is 0 Å². The van der Waals surface area contributed by atoms with Gasteiger partial charge in [0.2, 0.25) is 0 Å². The largest absolute Gasteiger partial charge is 0.489 e. The summed E-state index contributed by atoms with van der Waals surface area (Å²) in [6, 6.07) is 6.28. The summed E-state index contributed by atoms with van der Waals surface area (Å²) in [7, 11) is 0. The SMILES string of the molecule is O=[N+]([O-])c1ccc(OCc2ccsc2)cc1Cl. The van der Waals surface area contributed by atoms with E-state index in [1.807, 2.05) is 16.8 Å². The Morgan fingerprint density at radius 2 is 2.24 bits per heavy atom. The van der Waals surface area contributed by atoms with E-state index in [0.717, 1.165) is 5.56 Å². The van der Waals surface area contributed by atoms with E-state index < -0.39 is 4.92 Å². The number of nitrogens with zero attached hydrogens (tertiary/aromatic N) is 1. The molecule has 1 aromatic carbocycles. The van der Waals surface area contributed by atoms with Crippen LogP contribution in [0.3, 0.4) is 0 Å². The first-order valence-electron chi connectivity index (χ1n) is 4.74. The van der Waals surface area contributed by atoms with Crippen molar-refractivity contribution in [1.29, 1.82) is 0 Å². The fourth-order valence-electron chi connectivity index (χ4n) is 1.27. The molecule has 2 rings (SSSR count). The van der Waals surface area contributed by atoms with Crippen LogP contribution in [0, 0.1) is 10.1 Å².